The largest absolute Gasteiger partial charge is 0.356 e. The van der Waals surface area contributed by atoms with Crippen LogP contribution in [0.1, 0.15) is 66.7 Å². The predicted molar refractivity (Wildman–Crippen MR) is 100 cm³/mol. The molecule has 2 aliphatic rings. The number of carbonyl (C=O) groups excluding carboxylic acids is 1. The SMILES string of the molecule is CCNC(=NCCNC(=O)CC1CCCC1)N1CC(C)(C)C1(C)C. The summed E-state index contributed by atoms with van der Waals surface area (Å²) in [5.41, 5.74) is 0.387. The van der Waals surface area contributed by atoms with Crippen LogP contribution in [0.4, 0.5) is 0 Å². The molecule has 1 heterocycles. The summed E-state index contributed by atoms with van der Waals surface area (Å²) >= 11 is 0. The molecule has 0 unspecified atom stereocenters. The van der Waals surface area contributed by atoms with E-state index in [4.69, 9.17) is 4.99 Å². The third kappa shape index (κ3) is 4.22. The molecule has 1 saturated heterocycles. The van der Waals surface area contributed by atoms with Crippen LogP contribution in [0.3, 0.4) is 0 Å². The van der Waals surface area contributed by atoms with E-state index in [1.807, 2.05) is 0 Å². The number of nitrogens with one attached hydrogen (secondary N) is 2. The first-order valence-corrected chi connectivity index (χ1v) is 9.60. The molecule has 0 radical (unpaired) electrons. The van der Waals surface area contributed by atoms with Gasteiger partial charge in [-0.25, -0.2) is 0 Å². The van der Waals surface area contributed by atoms with Gasteiger partial charge in [-0.3, -0.25) is 9.79 Å². The fourth-order valence-corrected chi connectivity index (χ4v) is 3.70. The summed E-state index contributed by atoms with van der Waals surface area (Å²) in [5, 5.41) is 6.41. The minimum Gasteiger partial charge on any atom is -0.356 e. The number of nitrogens with zero attached hydrogens (tertiary/aromatic N) is 2. The summed E-state index contributed by atoms with van der Waals surface area (Å²) in [6.45, 7) is 14.4. The van der Waals surface area contributed by atoms with E-state index >= 15 is 0 Å². The van der Waals surface area contributed by atoms with E-state index in [2.05, 4.69) is 50.2 Å². The lowest BCUT2D eigenvalue weighted by Gasteiger charge is -2.62. The minimum absolute atomic E-state index is 0.0969. The number of aliphatic imine (C=N–C) groups is 1. The molecule has 1 aliphatic heterocycles. The summed E-state index contributed by atoms with van der Waals surface area (Å²) in [6.07, 6.45) is 5.70. The van der Waals surface area contributed by atoms with Crippen LogP contribution < -0.4 is 10.6 Å². The van der Waals surface area contributed by atoms with Gasteiger partial charge in [-0.2, -0.15) is 0 Å². The Morgan fingerprint density at radius 3 is 2.38 bits per heavy atom. The Hall–Kier alpha value is -1.26. The van der Waals surface area contributed by atoms with E-state index in [0.29, 0.717) is 30.8 Å². The van der Waals surface area contributed by atoms with Crippen LogP contribution in [0.15, 0.2) is 4.99 Å². The number of likely N-dealkylation sites (tertiary alicyclic amines) is 1. The van der Waals surface area contributed by atoms with Gasteiger partial charge in [0.15, 0.2) is 5.96 Å². The van der Waals surface area contributed by atoms with Crippen LogP contribution in [0.25, 0.3) is 0 Å². The first kappa shape index (κ1) is 19.1. The zero-order valence-corrected chi connectivity index (χ0v) is 16.2. The summed E-state index contributed by atoms with van der Waals surface area (Å²) in [5.74, 6) is 1.76. The number of amides is 1. The monoisotopic (exact) mass is 336 g/mol. The second-order valence-corrected chi connectivity index (χ2v) is 8.47. The van der Waals surface area contributed by atoms with Gasteiger partial charge in [-0.15, -0.1) is 0 Å². The molecule has 24 heavy (non-hydrogen) atoms. The molecule has 5 heteroatoms. The van der Waals surface area contributed by atoms with Gasteiger partial charge in [0.25, 0.3) is 0 Å². The standard InChI is InChI=1S/C19H36N4O/c1-6-20-17(23-14-18(2,3)19(23,4)5)22-12-11-21-16(24)13-15-9-7-8-10-15/h15H,6-14H2,1-5H3,(H,20,22)(H,21,24). The van der Waals surface area contributed by atoms with Gasteiger partial charge >= 0.3 is 0 Å². The fraction of sp³-hybridized carbons (Fsp3) is 0.895. The van der Waals surface area contributed by atoms with E-state index in [0.717, 1.165) is 19.0 Å². The number of hydrogen-bond acceptors (Lipinski definition) is 2. The first-order chi connectivity index (χ1) is 11.3. The van der Waals surface area contributed by atoms with Crippen molar-refractivity contribution in [1.29, 1.82) is 0 Å². The molecule has 1 saturated carbocycles. The molecular weight excluding hydrogens is 300 g/mol. The van der Waals surface area contributed by atoms with Crippen molar-refractivity contribution >= 4 is 11.9 Å². The van der Waals surface area contributed by atoms with Crippen molar-refractivity contribution in [2.75, 3.05) is 26.2 Å². The molecule has 0 aromatic rings. The molecule has 1 aliphatic carbocycles. The van der Waals surface area contributed by atoms with Crippen LogP contribution in [0, 0.1) is 11.3 Å². The minimum atomic E-state index is 0.0969. The van der Waals surface area contributed by atoms with E-state index in [1.165, 1.54) is 25.7 Å². The molecular formula is C19H36N4O. The third-order valence-corrected chi connectivity index (χ3v) is 6.12. The Labute approximate surface area is 147 Å². The summed E-state index contributed by atoms with van der Waals surface area (Å²) in [7, 11) is 0. The maximum Gasteiger partial charge on any atom is 0.220 e. The highest BCUT2D eigenvalue weighted by atomic mass is 16.1. The van der Waals surface area contributed by atoms with Gasteiger partial charge in [-0.1, -0.05) is 26.7 Å². The molecule has 0 aromatic carbocycles. The number of guanidine groups is 1. The van der Waals surface area contributed by atoms with Crippen molar-refractivity contribution in [2.45, 2.75) is 72.3 Å². The topological polar surface area (TPSA) is 56.7 Å². The molecule has 5 nitrogen and oxygen atoms in total. The van der Waals surface area contributed by atoms with Crippen molar-refractivity contribution in [1.82, 2.24) is 15.5 Å². The van der Waals surface area contributed by atoms with Gasteiger partial charge in [0.2, 0.25) is 5.91 Å². The highest BCUT2D eigenvalue weighted by molar-refractivity contribution is 5.82. The average Bonchev–Trinajstić information content (AvgIpc) is 3.01. The van der Waals surface area contributed by atoms with E-state index in [9.17, 15) is 4.79 Å². The highest BCUT2D eigenvalue weighted by Gasteiger charge is 2.53. The van der Waals surface area contributed by atoms with Crippen LogP contribution in [-0.2, 0) is 4.79 Å². The number of rotatable bonds is 6. The average molecular weight is 337 g/mol. The predicted octanol–water partition coefficient (Wildman–Crippen LogP) is 2.77. The zero-order chi connectivity index (χ0) is 17.8. The van der Waals surface area contributed by atoms with E-state index in [-0.39, 0.29) is 11.4 Å². The van der Waals surface area contributed by atoms with E-state index in [1.54, 1.807) is 0 Å². The van der Waals surface area contributed by atoms with Crippen LogP contribution in [0.5, 0.6) is 0 Å². The molecule has 0 spiro atoms. The summed E-state index contributed by atoms with van der Waals surface area (Å²) < 4.78 is 0. The molecule has 1 amide bonds. The Balaban J connectivity index is 1.78. The lowest BCUT2D eigenvalue weighted by Crippen LogP contribution is -2.72. The quantitative estimate of drug-likeness (QED) is 0.445. The fourth-order valence-electron chi connectivity index (χ4n) is 3.70. The maximum absolute atomic E-state index is 12.0. The normalized spacial score (nSPS) is 23.0. The highest BCUT2D eigenvalue weighted by Crippen LogP contribution is 2.46. The van der Waals surface area contributed by atoms with Crippen molar-refractivity contribution in [3.63, 3.8) is 0 Å². The Morgan fingerprint density at radius 2 is 1.83 bits per heavy atom. The number of carbonyl (C=O) groups is 1. The Morgan fingerprint density at radius 1 is 1.17 bits per heavy atom. The van der Waals surface area contributed by atoms with Gasteiger partial charge in [0.1, 0.15) is 0 Å². The second-order valence-electron chi connectivity index (χ2n) is 8.47. The molecule has 138 valence electrons. The van der Waals surface area contributed by atoms with Crippen LogP contribution in [0.2, 0.25) is 0 Å². The van der Waals surface area contributed by atoms with Crippen LogP contribution >= 0.6 is 0 Å². The van der Waals surface area contributed by atoms with Gasteiger partial charge < -0.3 is 15.5 Å². The molecule has 0 aromatic heterocycles. The Bertz CT molecular complexity index is 464. The second kappa shape index (κ2) is 7.75. The lowest BCUT2D eigenvalue weighted by molar-refractivity contribution is -0.121. The van der Waals surface area contributed by atoms with Gasteiger partial charge in [0.05, 0.1) is 6.54 Å². The summed E-state index contributed by atoms with van der Waals surface area (Å²) in [6, 6.07) is 0. The Kier molecular flexibility index (Phi) is 6.16. The molecule has 2 N–H and O–H groups in total. The molecule has 2 rings (SSSR count). The third-order valence-electron chi connectivity index (χ3n) is 6.12. The molecule has 0 atom stereocenters. The first-order valence-electron chi connectivity index (χ1n) is 9.60. The lowest BCUT2D eigenvalue weighted by atomic mass is 9.65. The number of hydrogen-bond donors (Lipinski definition) is 2. The zero-order valence-electron chi connectivity index (χ0n) is 16.2. The van der Waals surface area contributed by atoms with E-state index < -0.39 is 0 Å². The van der Waals surface area contributed by atoms with Crippen molar-refractivity contribution in [3.05, 3.63) is 0 Å². The van der Waals surface area contributed by atoms with Crippen molar-refractivity contribution in [2.24, 2.45) is 16.3 Å². The molecule has 0 bridgehead atoms. The summed E-state index contributed by atoms with van der Waals surface area (Å²) in [4.78, 5) is 19.0. The van der Waals surface area contributed by atoms with Crippen molar-refractivity contribution < 1.29 is 4.79 Å². The van der Waals surface area contributed by atoms with Gasteiger partial charge in [0, 0.05) is 37.0 Å². The maximum atomic E-state index is 12.0. The smallest absolute Gasteiger partial charge is 0.220 e. The van der Waals surface area contributed by atoms with Crippen LogP contribution in [-0.4, -0.2) is 48.5 Å². The molecule has 2 fully saturated rings. The van der Waals surface area contributed by atoms with Gasteiger partial charge in [-0.05, 0) is 39.5 Å². The van der Waals surface area contributed by atoms with Crippen molar-refractivity contribution in [3.8, 4) is 0 Å².